The first-order valence-electron chi connectivity index (χ1n) is 6.91. The summed E-state index contributed by atoms with van der Waals surface area (Å²) < 4.78 is 14.5. The van der Waals surface area contributed by atoms with Crippen molar-refractivity contribution in [3.8, 4) is 0 Å². The predicted molar refractivity (Wildman–Crippen MR) is 80.3 cm³/mol. The molecule has 2 rings (SSSR count). The van der Waals surface area contributed by atoms with Gasteiger partial charge in [-0.3, -0.25) is 9.59 Å². The molecule has 0 N–H and O–H groups in total. The van der Waals surface area contributed by atoms with Crippen LogP contribution in [0.4, 0.5) is 4.39 Å². The molecule has 1 heterocycles. The van der Waals surface area contributed by atoms with Gasteiger partial charge in [0.15, 0.2) is 18.2 Å². The van der Waals surface area contributed by atoms with Crippen molar-refractivity contribution in [1.29, 1.82) is 0 Å². The molecule has 0 unspecified atom stereocenters. The molecule has 1 aromatic heterocycles. The topological polar surface area (TPSA) is 41.3 Å². The molecule has 5 heteroatoms. The van der Waals surface area contributed by atoms with Crippen LogP contribution in [0.3, 0.4) is 0 Å². The molecule has 0 aliphatic carbocycles. The summed E-state index contributed by atoms with van der Waals surface area (Å²) in [6.45, 7) is 0.492. The fourth-order valence-corrected chi connectivity index (χ4v) is 2.02. The van der Waals surface area contributed by atoms with Gasteiger partial charge in [0.1, 0.15) is 5.82 Å². The van der Waals surface area contributed by atoms with E-state index >= 15 is 0 Å². The van der Waals surface area contributed by atoms with Crippen LogP contribution >= 0.6 is 0 Å². The first kappa shape index (κ1) is 16.0. The van der Waals surface area contributed by atoms with Crippen molar-refractivity contribution in [3.63, 3.8) is 0 Å². The van der Waals surface area contributed by atoms with Crippen LogP contribution in [0.15, 0.2) is 48.8 Å². The molecule has 0 saturated heterocycles. The molecule has 0 bridgehead atoms. The number of ketones is 2. The molecule has 0 fully saturated rings. The molecule has 4 nitrogen and oxygen atoms in total. The average molecular weight is 301 g/mol. The summed E-state index contributed by atoms with van der Waals surface area (Å²) >= 11 is 0. The fraction of sp³-hybridized carbons (Fsp3) is 0.235. The Morgan fingerprint density at radius 1 is 0.955 bits per heavy atom. The highest BCUT2D eigenvalue weighted by atomic mass is 19.1. The van der Waals surface area contributed by atoms with Gasteiger partial charge in [-0.1, -0.05) is 0 Å². The van der Waals surface area contributed by atoms with E-state index in [1.54, 1.807) is 34.0 Å². The maximum atomic E-state index is 12.8. The van der Waals surface area contributed by atoms with E-state index in [-0.39, 0.29) is 23.9 Å². The number of rotatable bonds is 6. The molecular weight excluding hydrogens is 283 g/mol. The first-order chi connectivity index (χ1) is 10.5. The normalized spacial score (nSPS) is 10.7. The standard InChI is InChI=1S/C17H18FN2O2/c1-19(2)11-16(21)14-7-9-20(10-8-14)12-17(22)13-3-5-15(18)6-4-13/h3-10H,11-12H2,1-2H3/q+1. The van der Waals surface area contributed by atoms with Crippen molar-refractivity contribution in [3.05, 3.63) is 65.7 Å². The van der Waals surface area contributed by atoms with E-state index in [2.05, 4.69) is 0 Å². The number of pyridine rings is 1. The van der Waals surface area contributed by atoms with E-state index in [1.165, 1.54) is 24.3 Å². The van der Waals surface area contributed by atoms with Gasteiger partial charge in [0.25, 0.3) is 0 Å². The molecule has 0 saturated carbocycles. The Morgan fingerprint density at radius 3 is 2.05 bits per heavy atom. The van der Waals surface area contributed by atoms with Gasteiger partial charge in [0, 0.05) is 23.3 Å². The summed E-state index contributed by atoms with van der Waals surface area (Å²) in [6.07, 6.45) is 3.40. The summed E-state index contributed by atoms with van der Waals surface area (Å²) in [7, 11) is 3.67. The Kier molecular flexibility index (Phi) is 5.12. The Hall–Kier alpha value is -2.40. The van der Waals surface area contributed by atoms with Gasteiger partial charge >= 0.3 is 0 Å². The maximum Gasteiger partial charge on any atom is 0.227 e. The molecular formula is C17H18FN2O2+. The third kappa shape index (κ3) is 4.30. The lowest BCUT2D eigenvalue weighted by Crippen LogP contribution is -2.37. The first-order valence-corrected chi connectivity index (χ1v) is 6.91. The van der Waals surface area contributed by atoms with E-state index in [0.29, 0.717) is 17.7 Å². The second-order valence-electron chi connectivity index (χ2n) is 5.35. The monoisotopic (exact) mass is 301 g/mol. The van der Waals surface area contributed by atoms with Gasteiger partial charge in [-0.2, -0.15) is 4.57 Å². The van der Waals surface area contributed by atoms with Crippen LogP contribution in [0, 0.1) is 5.82 Å². The van der Waals surface area contributed by atoms with Crippen molar-refractivity contribution in [2.75, 3.05) is 20.6 Å². The van der Waals surface area contributed by atoms with E-state index < -0.39 is 0 Å². The number of nitrogens with zero attached hydrogens (tertiary/aromatic N) is 2. The van der Waals surface area contributed by atoms with Gasteiger partial charge in [-0.05, 0) is 38.4 Å². The highest BCUT2D eigenvalue weighted by Gasteiger charge is 2.14. The smallest absolute Gasteiger partial charge is 0.227 e. The number of halogens is 1. The van der Waals surface area contributed by atoms with Crippen molar-refractivity contribution in [2.45, 2.75) is 6.54 Å². The largest absolute Gasteiger partial charge is 0.302 e. The minimum Gasteiger partial charge on any atom is -0.302 e. The second-order valence-corrected chi connectivity index (χ2v) is 5.35. The van der Waals surface area contributed by atoms with Gasteiger partial charge in [0.2, 0.25) is 12.3 Å². The van der Waals surface area contributed by atoms with E-state index in [9.17, 15) is 14.0 Å². The van der Waals surface area contributed by atoms with Crippen molar-refractivity contribution in [2.24, 2.45) is 0 Å². The third-order valence-electron chi connectivity index (χ3n) is 3.17. The van der Waals surface area contributed by atoms with E-state index in [1.807, 2.05) is 14.1 Å². The summed E-state index contributed by atoms with van der Waals surface area (Å²) in [6, 6.07) is 8.86. The van der Waals surface area contributed by atoms with Crippen LogP contribution < -0.4 is 4.57 Å². The zero-order valence-corrected chi connectivity index (χ0v) is 12.6. The zero-order chi connectivity index (χ0) is 16.1. The lowest BCUT2D eigenvalue weighted by molar-refractivity contribution is -0.683. The average Bonchev–Trinajstić information content (AvgIpc) is 2.48. The molecule has 22 heavy (non-hydrogen) atoms. The van der Waals surface area contributed by atoms with Gasteiger partial charge in [-0.15, -0.1) is 0 Å². The fourth-order valence-electron chi connectivity index (χ4n) is 2.02. The Morgan fingerprint density at radius 2 is 1.50 bits per heavy atom. The van der Waals surface area contributed by atoms with Crippen LogP contribution in [0.1, 0.15) is 20.7 Å². The zero-order valence-electron chi connectivity index (χ0n) is 12.6. The highest BCUT2D eigenvalue weighted by molar-refractivity contribution is 5.97. The number of likely N-dealkylation sites (N-methyl/N-ethyl adjacent to an activating group) is 1. The number of aromatic nitrogens is 1. The number of benzene rings is 1. The number of hydrogen-bond acceptors (Lipinski definition) is 3. The molecule has 0 aliphatic rings. The lowest BCUT2D eigenvalue weighted by Gasteiger charge is -2.07. The van der Waals surface area contributed by atoms with Crippen LogP contribution in [0.25, 0.3) is 0 Å². The molecule has 0 atom stereocenters. The quantitative estimate of drug-likeness (QED) is 0.603. The lowest BCUT2D eigenvalue weighted by atomic mass is 10.1. The Bertz CT molecular complexity index is 664. The summed E-state index contributed by atoms with van der Waals surface area (Å²) in [5.74, 6) is -0.452. The van der Waals surface area contributed by atoms with E-state index in [0.717, 1.165) is 0 Å². The SMILES string of the molecule is CN(C)CC(=O)c1cc[n+](CC(=O)c2ccc(F)cc2)cc1. The van der Waals surface area contributed by atoms with Gasteiger partial charge in [0.05, 0.1) is 6.54 Å². The predicted octanol–water partition coefficient (Wildman–Crippen LogP) is 1.74. The summed E-state index contributed by atoms with van der Waals surface area (Å²) in [5.41, 5.74) is 1.07. The summed E-state index contributed by atoms with van der Waals surface area (Å²) in [4.78, 5) is 25.8. The molecule has 0 aliphatic heterocycles. The van der Waals surface area contributed by atoms with Gasteiger partial charge < -0.3 is 4.90 Å². The number of carbonyl (C=O) groups excluding carboxylic acids is 2. The number of hydrogen-bond donors (Lipinski definition) is 0. The molecule has 0 spiro atoms. The summed E-state index contributed by atoms with van der Waals surface area (Å²) in [5, 5.41) is 0. The highest BCUT2D eigenvalue weighted by Crippen LogP contribution is 2.04. The Balaban J connectivity index is 2.03. The van der Waals surface area contributed by atoms with Crippen molar-refractivity contribution in [1.82, 2.24) is 4.90 Å². The third-order valence-corrected chi connectivity index (χ3v) is 3.17. The van der Waals surface area contributed by atoms with Crippen LogP contribution in [-0.2, 0) is 6.54 Å². The van der Waals surface area contributed by atoms with Crippen LogP contribution in [-0.4, -0.2) is 37.1 Å². The molecule has 1 aromatic carbocycles. The maximum absolute atomic E-state index is 12.8. The number of carbonyl (C=O) groups is 2. The molecule has 0 amide bonds. The molecule has 2 aromatic rings. The molecule has 0 radical (unpaired) electrons. The van der Waals surface area contributed by atoms with E-state index in [4.69, 9.17) is 0 Å². The van der Waals surface area contributed by atoms with Crippen LogP contribution in [0.5, 0.6) is 0 Å². The van der Waals surface area contributed by atoms with Crippen LogP contribution in [0.2, 0.25) is 0 Å². The number of Topliss-reactive ketones (excluding diaryl/α,β-unsaturated/α-hetero) is 2. The van der Waals surface area contributed by atoms with Crippen molar-refractivity contribution < 1.29 is 18.5 Å². The minimum absolute atomic E-state index is 0.0296. The minimum atomic E-state index is -0.368. The van der Waals surface area contributed by atoms with Crippen molar-refractivity contribution >= 4 is 11.6 Å². The van der Waals surface area contributed by atoms with Gasteiger partial charge in [-0.25, -0.2) is 4.39 Å². The second kappa shape index (κ2) is 7.04. The molecule has 114 valence electrons. The Labute approximate surface area is 128 Å².